The van der Waals surface area contributed by atoms with Crippen molar-refractivity contribution in [3.63, 3.8) is 0 Å². The Bertz CT molecular complexity index is 963. The first kappa shape index (κ1) is 35.7. The van der Waals surface area contributed by atoms with Crippen molar-refractivity contribution in [2.45, 2.75) is 38.6 Å². The number of nitrogens with one attached hydrogen (secondary N) is 3. The molecule has 4 amide bonds. The molecule has 0 radical (unpaired) electrons. The van der Waals surface area contributed by atoms with E-state index in [0.29, 0.717) is 43.9 Å². The van der Waals surface area contributed by atoms with E-state index in [2.05, 4.69) is 21.1 Å². The van der Waals surface area contributed by atoms with Crippen LogP contribution in [0.25, 0.3) is 0 Å². The molecule has 0 aromatic heterocycles. The largest absolute Gasteiger partial charge is 0.466 e. The Hall–Kier alpha value is -3.29. The van der Waals surface area contributed by atoms with Gasteiger partial charge in [0.15, 0.2) is 5.84 Å². The topological polar surface area (TPSA) is 168 Å². The molecule has 1 aliphatic rings. The maximum absolute atomic E-state index is 12.8. The fraction of sp³-hybridized carbons (Fsp3) is 0.542. The molecule has 1 saturated heterocycles. The van der Waals surface area contributed by atoms with Gasteiger partial charge in [0.05, 0.1) is 13.0 Å². The zero-order valence-corrected chi connectivity index (χ0v) is 24.1. The molecule has 0 saturated carbocycles. The monoisotopic (exact) mass is 591 g/mol. The number of oxime groups is 1. The Kier molecular flexibility index (Phi) is 17.3. The van der Waals surface area contributed by atoms with Crippen LogP contribution in [0.4, 0.5) is 15.3 Å². The zero-order valence-electron chi connectivity index (χ0n) is 22.4. The molecule has 39 heavy (non-hydrogen) atoms. The normalized spacial score (nSPS) is 14.7. The van der Waals surface area contributed by atoms with Crippen LogP contribution in [0.5, 0.6) is 0 Å². The third kappa shape index (κ3) is 12.9. The van der Waals surface area contributed by atoms with Crippen LogP contribution in [0.3, 0.4) is 0 Å². The molecule has 15 heteroatoms. The van der Waals surface area contributed by atoms with E-state index in [1.165, 1.54) is 0 Å². The number of urea groups is 1. The average Bonchev–Trinajstić information content (AvgIpc) is 3.22. The van der Waals surface area contributed by atoms with E-state index in [1.807, 2.05) is 25.9 Å². The van der Waals surface area contributed by atoms with Crippen LogP contribution in [0.15, 0.2) is 29.4 Å². The number of amidine groups is 1. The number of carbonyl (C=O) groups excluding carboxylic acids is 4. The van der Waals surface area contributed by atoms with Gasteiger partial charge in [0.1, 0.15) is 6.04 Å². The smallest absolute Gasteiger partial charge is 0.433 e. The number of carbonyl (C=O) groups is 4. The van der Waals surface area contributed by atoms with Crippen molar-refractivity contribution in [1.29, 1.82) is 0 Å². The van der Waals surface area contributed by atoms with E-state index < -0.39 is 18.2 Å². The first-order valence-corrected chi connectivity index (χ1v) is 12.3. The number of likely N-dealkylation sites (N-methyl/N-ethyl adjacent to an activating group) is 1. The molecule has 1 fully saturated rings. The summed E-state index contributed by atoms with van der Waals surface area (Å²) in [5.74, 6) is -0.616. The first-order valence-electron chi connectivity index (χ1n) is 12.3. The number of rotatable bonds is 13. The van der Waals surface area contributed by atoms with Gasteiger partial charge in [-0.1, -0.05) is 18.5 Å². The van der Waals surface area contributed by atoms with E-state index in [1.54, 1.807) is 29.2 Å². The number of nitrogens with zero attached hydrogens (tertiary/aromatic N) is 3. The predicted molar refractivity (Wildman–Crippen MR) is 152 cm³/mol. The lowest BCUT2D eigenvalue weighted by Crippen LogP contribution is -2.46. The van der Waals surface area contributed by atoms with Crippen LogP contribution in [0, 0.1) is 0 Å². The number of esters is 1. The summed E-state index contributed by atoms with van der Waals surface area (Å²) >= 11 is 0. The van der Waals surface area contributed by atoms with Gasteiger partial charge >= 0.3 is 18.1 Å². The Balaban J connectivity index is 0.00000722. The minimum Gasteiger partial charge on any atom is -0.466 e. The summed E-state index contributed by atoms with van der Waals surface area (Å²) in [5.41, 5.74) is 7.03. The lowest BCUT2D eigenvalue weighted by atomic mass is 10.2. The summed E-state index contributed by atoms with van der Waals surface area (Å²) in [6.45, 7) is 3.98. The van der Waals surface area contributed by atoms with Crippen LogP contribution in [0.2, 0.25) is 0 Å². The second kappa shape index (κ2) is 18.9. The summed E-state index contributed by atoms with van der Waals surface area (Å²) in [5, 5.41) is 11.4. The van der Waals surface area contributed by atoms with E-state index >= 15 is 0 Å². The zero-order chi connectivity index (χ0) is 27.2. The minimum absolute atomic E-state index is 0. The number of unbranched alkanes of at least 4 members (excludes halogenated alkanes) is 1. The van der Waals surface area contributed by atoms with Crippen molar-refractivity contribution in [3.05, 3.63) is 29.8 Å². The number of amides is 4. The molecule has 0 spiro atoms. The maximum Gasteiger partial charge on any atom is 0.433 e. The Labute approximate surface area is 241 Å². The van der Waals surface area contributed by atoms with Gasteiger partial charge in [-0.2, -0.15) is 0 Å². The number of nitrogens with two attached hydrogens (primary N) is 1. The minimum atomic E-state index is -0.710. The summed E-state index contributed by atoms with van der Waals surface area (Å²) in [4.78, 5) is 56.4. The van der Waals surface area contributed by atoms with Gasteiger partial charge < -0.3 is 36.2 Å². The summed E-state index contributed by atoms with van der Waals surface area (Å²) < 4.78 is 5.03. The number of hydrogen-bond acceptors (Lipinski definition) is 8. The molecule has 2 rings (SSSR count). The molecular weight excluding hydrogens is 553 g/mol. The highest BCUT2D eigenvalue weighted by Gasteiger charge is 2.33. The summed E-state index contributed by atoms with van der Waals surface area (Å²) in [7, 11) is 3.77. The van der Waals surface area contributed by atoms with Crippen molar-refractivity contribution in [2.24, 2.45) is 10.9 Å². The summed E-state index contributed by atoms with van der Waals surface area (Å²) in [6, 6.07) is 5.50. The lowest BCUT2D eigenvalue weighted by Gasteiger charge is -2.18. The van der Waals surface area contributed by atoms with Crippen molar-refractivity contribution in [3.8, 4) is 0 Å². The number of ether oxygens (including phenoxy) is 1. The molecule has 1 aliphatic heterocycles. The molecule has 0 bridgehead atoms. The van der Waals surface area contributed by atoms with Crippen LogP contribution >= 0.6 is 24.8 Å². The Morgan fingerprint density at radius 1 is 1.13 bits per heavy atom. The molecular formula is C24H39Cl2N7O6. The second-order valence-corrected chi connectivity index (χ2v) is 8.69. The van der Waals surface area contributed by atoms with Gasteiger partial charge in [0.25, 0.3) is 0 Å². The quantitative estimate of drug-likeness (QED) is 0.0669. The molecule has 1 aromatic carbocycles. The standard InChI is InChI=1S/C24H37N7O6.2ClH/c1-4-5-16-36-20(32)10-12-26-23(34)28-19-11-14-31(22(19)33)18-8-6-17(7-9-18)21(25)29-37-24(35)27-13-15-30(2)3;;/h6-9,19H,4-5,10-16H2,1-3H3,(H2,25,29)(H,27,35)(H2,26,28,34);2*1H/t19-;;/m0../s1. The number of anilines is 1. The Morgan fingerprint density at radius 2 is 1.82 bits per heavy atom. The van der Waals surface area contributed by atoms with Crippen LogP contribution < -0.4 is 26.6 Å². The van der Waals surface area contributed by atoms with Crippen LogP contribution in [-0.4, -0.2) is 87.7 Å². The van der Waals surface area contributed by atoms with Gasteiger partial charge in [-0.3, -0.25) is 14.4 Å². The molecule has 13 nitrogen and oxygen atoms in total. The molecule has 1 aromatic rings. The maximum atomic E-state index is 12.8. The van der Waals surface area contributed by atoms with Gasteiger partial charge in [0, 0.05) is 37.4 Å². The van der Waals surface area contributed by atoms with E-state index in [-0.39, 0.29) is 55.5 Å². The number of halogens is 2. The predicted octanol–water partition coefficient (Wildman–Crippen LogP) is 1.58. The fourth-order valence-electron chi connectivity index (χ4n) is 3.33. The van der Waals surface area contributed by atoms with Gasteiger partial charge in [0.2, 0.25) is 5.91 Å². The number of hydrogen-bond donors (Lipinski definition) is 4. The SMILES string of the molecule is CCCCOC(=O)CCNC(=O)N[C@H]1CCN(c2ccc(C(N)=NOC(=O)NCCN(C)C)cc2)C1=O.Cl.Cl. The van der Waals surface area contributed by atoms with E-state index in [0.717, 1.165) is 12.8 Å². The molecule has 0 unspecified atom stereocenters. The Morgan fingerprint density at radius 3 is 2.46 bits per heavy atom. The fourth-order valence-corrected chi connectivity index (χ4v) is 3.33. The number of benzene rings is 1. The highest BCUT2D eigenvalue weighted by Crippen LogP contribution is 2.22. The molecule has 0 aliphatic carbocycles. The molecule has 1 heterocycles. The third-order valence-corrected chi connectivity index (χ3v) is 5.42. The van der Waals surface area contributed by atoms with Crippen LogP contribution in [-0.2, 0) is 19.2 Å². The van der Waals surface area contributed by atoms with E-state index in [4.69, 9.17) is 15.3 Å². The van der Waals surface area contributed by atoms with Crippen molar-refractivity contribution in [2.75, 3.05) is 51.8 Å². The highest BCUT2D eigenvalue weighted by molar-refractivity contribution is 6.02. The third-order valence-electron chi connectivity index (χ3n) is 5.42. The molecule has 220 valence electrons. The van der Waals surface area contributed by atoms with Gasteiger partial charge in [-0.15, -0.1) is 24.8 Å². The lowest BCUT2D eigenvalue weighted by molar-refractivity contribution is -0.143. The first-order chi connectivity index (χ1) is 17.7. The van der Waals surface area contributed by atoms with Gasteiger partial charge in [-0.05, 0) is 51.2 Å². The van der Waals surface area contributed by atoms with E-state index in [9.17, 15) is 19.2 Å². The van der Waals surface area contributed by atoms with Crippen molar-refractivity contribution in [1.82, 2.24) is 20.9 Å². The second-order valence-electron chi connectivity index (χ2n) is 8.69. The van der Waals surface area contributed by atoms with Crippen LogP contribution in [0.1, 0.15) is 38.2 Å². The van der Waals surface area contributed by atoms with Crippen molar-refractivity contribution < 1.29 is 28.8 Å². The molecule has 1 atom stereocenters. The van der Waals surface area contributed by atoms with Gasteiger partial charge in [-0.25, -0.2) is 9.59 Å². The average molecular weight is 593 g/mol. The summed E-state index contributed by atoms with van der Waals surface area (Å²) in [6.07, 6.45) is 1.52. The van der Waals surface area contributed by atoms with Crippen molar-refractivity contribution >= 4 is 60.3 Å². The highest BCUT2D eigenvalue weighted by atomic mass is 35.5. The molecule has 5 N–H and O–H groups in total.